The molecule has 2 aliphatic rings. The Hall–Kier alpha value is -1.55. The number of hydrogen-bond acceptors (Lipinski definition) is 3. The van der Waals surface area contributed by atoms with Crippen LogP contribution in [-0.4, -0.2) is 32.9 Å². The van der Waals surface area contributed by atoms with Gasteiger partial charge >= 0.3 is 0 Å². The third kappa shape index (κ3) is 2.42. The van der Waals surface area contributed by atoms with Crippen molar-refractivity contribution >= 4 is 17.5 Å². The van der Waals surface area contributed by atoms with Crippen LogP contribution >= 0.6 is 11.6 Å². The molecule has 0 radical (unpaired) electrons. The van der Waals surface area contributed by atoms with E-state index in [2.05, 4.69) is 23.7 Å². The van der Waals surface area contributed by atoms with E-state index in [4.69, 9.17) is 11.6 Å². The summed E-state index contributed by atoms with van der Waals surface area (Å²) >= 11 is 5.86. The van der Waals surface area contributed by atoms with Gasteiger partial charge in [0.25, 0.3) is 5.91 Å². The number of carbonyl (C=O) groups is 1. The number of nitrogens with zero attached hydrogens (tertiary/aromatic N) is 3. The van der Waals surface area contributed by atoms with Crippen molar-refractivity contribution < 1.29 is 4.79 Å². The normalized spacial score (nSPS) is 25.4. The van der Waals surface area contributed by atoms with Crippen LogP contribution in [0.15, 0.2) is 30.1 Å². The van der Waals surface area contributed by atoms with Crippen LogP contribution in [0.2, 0.25) is 5.15 Å². The van der Waals surface area contributed by atoms with Crippen LogP contribution < -0.4 is 0 Å². The summed E-state index contributed by atoms with van der Waals surface area (Å²) in [6.45, 7) is 6.22. The Morgan fingerprint density at radius 2 is 2.10 bits per heavy atom. The number of rotatable bonds is 2. The molecule has 1 aromatic heterocycles. The van der Waals surface area contributed by atoms with Crippen molar-refractivity contribution in [3.63, 3.8) is 0 Å². The van der Waals surface area contributed by atoms with Crippen LogP contribution in [0.5, 0.6) is 0 Å². The lowest BCUT2D eigenvalue weighted by Crippen LogP contribution is -2.52. The maximum atomic E-state index is 12.6. The molecule has 0 aliphatic carbocycles. The average Bonchev–Trinajstić information content (AvgIpc) is 2.88. The zero-order chi connectivity index (χ0) is 15.1. The maximum Gasteiger partial charge on any atom is 0.253 e. The maximum absolute atomic E-state index is 12.6. The predicted octanol–water partition coefficient (Wildman–Crippen LogP) is 3.35. The molecule has 0 aromatic carbocycles. The molecule has 21 heavy (non-hydrogen) atoms. The summed E-state index contributed by atoms with van der Waals surface area (Å²) < 4.78 is 0. The van der Waals surface area contributed by atoms with E-state index in [9.17, 15) is 4.79 Å². The van der Waals surface area contributed by atoms with Gasteiger partial charge < -0.3 is 9.80 Å². The smallest absolute Gasteiger partial charge is 0.253 e. The van der Waals surface area contributed by atoms with Gasteiger partial charge in [0.1, 0.15) is 11.3 Å². The Bertz CT molecular complexity index is 582. The van der Waals surface area contributed by atoms with Crippen molar-refractivity contribution in [2.24, 2.45) is 0 Å². The van der Waals surface area contributed by atoms with Crippen LogP contribution in [-0.2, 0) is 4.79 Å². The molecular formula is C16H20ClN3O. The minimum absolute atomic E-state index is 0.0946. The fourth-order valence-corrected chi connectivity index (χ4v) is 3.45. The molecule has 2 aliphatic heterocycles. The van der Waals surface area contributed by atoms with Crippen LogP contribution in [0.1, 0.15) is 45.2 Å². The second-order valence-corrected chi connectivity index (χ2v) is 6.44. The fourth-order valence-electron chi connectivity index (χ4n) is 3.34. The molecule has 0 saturated carbocycles. The molecule has 1 saturated heterocycles. The monoisotopic (exact) mass is 305 g/mol. The van der Waals surface area contributed by atoms with Crippen molar-refractivity contribution in [3.8, 4) is 0 Å². The summed E-state index contributed by atoms with van der Waals surface area (Å²) in [5.41, 5.74) is 1.86. The third-order valence-corrected chi connectivity index (χ3v) is 4.57. The standard InChI is InChI=1S/C16H20ClN3O/c1-10(2)19-9-11(3)16(21)20-13(5-7-15(19)20)12-4-6-14(17)18-8-12/h4,6,8-10,13,15H,5,7H2,1-3H3. The van der Waals surface area contributed by atoms with Crippen LogP contribution in [0, 0.1) is 0 Å². The molecule has 1 fully saturated rings. The molecule has 112 valence electrons. The molecule has 1 aromatic rings. The Kier molecular flexibility index (Phi) is 3.66. The molecule has 2 unspecified atom stereocenters. The van der Waals surface area contributed by atoms with Crippen molar-refractivity contribution in [1.82, 2.24) is 14.8 Å². The van der Waals surface area contributed by atoms with Gasteiger partial charge in [0.15, 0.2) is 0 Å². The summed E-state index contributed by atoms with van der Waals surface area (Å²) in [6, 6.07) is 4.24. The Morgan fingerprint density at radius 3 is 2.71 bits per heavy atom. The van der Waals surface area contributed by atoms with Crippen LogP contribution in [0.4, 0.5) is 0 Å². The summed E-state index contributed by atoms with van der Waals surface area (Å²) in [4.78, 5) is 21.1. The van der Waals surface area contributed by atoms with E-state index < -0.39 is 0 Å². The van der Waals surface area contributed by atoms with Gasteiger partial charge in [-0.05, 0) is 45.2 Å². The molecule has 3 rings (SSSR count). The zero-order valence-electron chi connectivity index (χ0n) is 12.6. The molecule has 0 N–H and O–H groups in total. The van der Waals surface area contributed by atoms with Crippen molar-refractivity contribution in [2.75, 3.05) is 0 Å². The zero-order valence-corrected chi connectivity index (χ0v) is 13.3. The highest BCUT2D eigenvalue weighted by molar-refractivity contribution is 6.29. The number of amides is 1. The molecule has 0 spiro atoms. The minimum atomic E-state index is 0.0946. The molecule has 4 nitrogen and oxygen atoms in total. The largest absolute Gasteiger partial charge is 0.354 e. The number of pyridine rings is 1. The first-order chi connectivity index (χ1) is 9.99. The van der Waals surface area contributed by atoms with E-state index in [-0.39, 0.29) is 18.1 Å². The Morgan fingerprint density at radius 1 is 1.33 bits per heavy atom. The molecule has 2 atom stereocenters. The van der Waals surface area contributed by atoms with E-state index >= 15 is 0 Å². The van der Waals surface area contributed by atoms with E-state index in [1.54, 1.807) is 12.3 Å². The first kappa shape index (κ1) is 14.4. The SMILES string of the molecule is CC1=CN(C(C)C)C2CCC(c3ccc(Cl)nc3)N2C1=O. The first-order valence-corrected chi connectivity index (χ1v) is 7.77. The van der Waals surface area contributed by atoms with Gasteiger partial charge in [0, 0.05) is 24.0 Å². The topological polar surface area (TPSA) is 36.4 Å². The lowest BCUT2D eigenvalue weighted by Gasteiger charge is -2.43. The lowest BCUT2D eigenvalue weighted by atomic mass is 10.1. The van der Waals surface area contributed by atoms with E-state index in [0.717, 1.165) is 24.0 Å². The highest BCUT2D eigenvalue weighted by Gasteiger charge is 2.43. The second kappa shape index (κ2) is 5.34. The van der Waals surface area contributed by atoms with Gasteiger partial charge in [-0.2, -0.15) is 0 Å². The van der Waals surface area contributed by atoms with Gasteiger partial charge in [-0.15, -0.1) is 0 Å². The molecule has 1 amide bonds. The average molecular weight is 306 g/mol. The summed E-state index contributed by atoms with van der Waals surface area (Å²) in [5, 5.41) is 0.484. The van der Waals surface area contributed by atoms with Gasteiger partial charge in [-0.1, -0.05) is 17.7 Å². The predicted molar refractivity (Wildman–Crippen MR) is 82.6 cm³/mol. The number of fused-ring (bicyclic) bond motifs is 1. The van der Waals surface area contributed by atoms with Gasteiger partial charge in [-0.25, -0.2) is 4.98 Å². The highest BCUT2D eigenvalue weighted by Crippen LogP contribution is 2.41. The van der Waals surface area contributed by atoms with E-state index in [1.165, 1.54) is 0 Å². The van der Waals surface area contributed by atoms with Crippen molar-refractivity contribution in [1.29, 1.82) is 0 Å². The quantitative estimate of drug-likeness (QED) is 0.786. The van der Waals surface area contributed by atoms with Crippen LogP contribution in [0.3, 0.4) is 0 Å². The number of halogens is 1. The van der Waals surface area contributed by atoms with Crippen LogP contribution in [0.25, 0.3) is 0 Å². The first-order valence-electron chi connectivity index (χ1n) is 7.39. The Labute approximate surface area is 130 Å². The molecule has 5 heteroatoms. The Balaban J connectivity index is 1.96. The third-order valence-electron chi connectivity index (χ3n) is 4.35. The summed E-state index contributed by atoms with van der Waals surface area (Å²) in [6.07, 6.45) is 5.90. The van der Waals surface area contributed by atoms with Crippen molar-refractivity contribution in [2.45, 2.75) is 51.9 Å². The number of carbonyl (C=O) groups excluding carboxylic acids is 1. The van der Waals surface area contributed by atoms with Gasteiger partial charge in [0.05, 0.1) is 6.04 Å². The van der Waals surface area contributed by atoms with Gasteiger partial charge in [-0.3, -0.25) is 4.79 Å². The molecule has 0 bridgehead atoms. The molecular weight excluding hydrogens is 286 g/mol. The number of aromatic nitrogens is 1. The fraction of sp³-hybridized carbons (Fsp3) is 0.500. The summed E-state index contributed by atoms with van der Waals surface area (Å²) in [5.74, 6) is 0.134. The number of hydrogen-bond donors (Lipinski definition) is 0. The van der Waals surface area contributed by atoms with Gasteiger partial charge in [0.2, 0.25) is 0 Å². The minimum Gasteiger partial charge on any atom is -0.354 e. The highest BCUT2D eigenvalue weighted by atomic mass is 35.5. The van der Waals surface area contributed by atoms with E-state index in [0.29, 0.717) is 11.2 Å². The van der Waals surface area contributed by atoms with Crippen molar-refractivity contribution in [3.05, 3.63) is 40.8 Å². The second-order valence-electron chi connectivity index (χ2n) is 6.05. The lowest BCUT2D eigenvalue weighted by molar-refractivity contribution is -0.135. The summed E-state index contributed by atoms with van der Waals surface area (Å²) in [7, 11) is 0. The molecule has 3 heterocycles. The van der Waals surface area contributed by atoms with E-state index in [1.807, 2.05) is 24.1 Å².